The van der Waals surface area contributed by atoms with Crippen molar-refractivity contribution in [1.82, 2.24) is 0 Å². The molecule has 0 bridgehead atoms. The summed E-state index contributed by atoms with van der Waals surface area (Å²) in [5.41, 5.74) is -2.01. The molecule has 1 N–H and O–H groups in total. The molecule has 1 rings (SSSR count). The standard InChI is InChI=1S/C8H6O7S.Cu/c9-7(10)4-2-1-3-5(16(13,14)15)6(4)8(11)12;/h1-3H,(H,9,10)(H,11,12)(H,13,14,15);/q;+2/p-2. The van der Waals surface area contributed by atoms with Gasteiger partial charge in [0, 0.05) is 11.1 Å². The first-order valence-electron chi connectivity index (χ1n) is 3.78. The Morgan fingerprint density at radius 2 is 1.65 bits per heavy atom. The van der Waals surface area contributed by atoms with Gasteiger partial charge >= 0.3 is 17.1 Å². The molecule has 1 aromatic carbocycles. The second kappa shape index (κ2) is 5.28. The number of benzene rings is 1. The molecule has 0 heterocycles. The quantitative estimate of drug-likeness (QED) is 0.488. The number of hydrogen-bond donors (Lipinski definition) is 1. The van der Waals surface area contributed by atoms with Gasteiger partial charge in [0.2, 0.25) is 0 Å². The molecule has 0 fully saturated rings. The van der Waals surface area contributed by atoms with Gasteiger partial charge in [-0.15, -0.1) is 0 Å². The number of carboxylic acid groups (broad SMARTS) is 2. The Balaban J connectivity index is 0.00000256. The molecule has 17 heavy (non-hydrogen) atoms. The van der Waals surface area contributed by atoms with Crippen LogP contribution in [0.2, 0.25) is 0 Å². The van der Waals surface area contributed by atoms with Gasteiger partial charge in [-0.1, -0.05) is 12.1 Å². The fourth-order valence-electron chi connectivity index (χ4n) is 1.13. The van der Waals surface area contributed by atoms with Gasteiger partial charge in [-0.25, -0.2) is 0 Å². The topological polar surface area (TPSA) is 135 Å². The second-order valence-electron chi connectivity index (χ2n) is 2.73. The van der Waals surface area contributed by atoms with Crippen LogP contribution >= 0.6 is 0 Å². The van der Waals surface area contributed by atoms with Crippen LogP contribution in [0, 0.1) is 0 Å². The molecule has 9 heteroatoms. The molecule has 0 spiro atoms. The SMILES string of the molecule is O=C([O-])c1cccc(S(=O)(=O)O)c1C(=O)[O-].[Cu+2]. The van der Waals surface area contributed by atoms with E-state index in [0.29, 0.717) is 0 Å². The van der Waals surface area contributed by atoms with Crippen molar-refractivity contribution in [2.75, 3.05) is 0 Å². The van der Waals surface area contributed by atoms with Crippen molar-refractivity contribution in [3.05, 3.63) is 29.3 Å². The van der Waals surface area contributed by atoms with Gasteiger partial charge < -0.3 is 19.8 Å². The molecule has 95 valence electrons. The minimum absolute atomic E-state index is 0. The van der Waals surface area contributed by atoms with Gasteiger partial charge in [0.05, 0.1) is 11.9 Å². The van der Waals surface area contributed by atoms with E-state index in [1.807, 2.05) is 0 Å². The molecule has 0 amide bonds. The van der Waals surface area contributed by atoms with E-state index in [9.17, 15) is 28.2 Å². The van der Waals surface area contributed by atoms with Gasteiger partial charge in [-0.2, -0.15) is 8.42 Å². The molecule has 1 radical (unpaired) electrons. The van der Waals surface area contributed by atoms with Crippen LogP contribution < -0.4 is 10.2 Å². The molecule has 0 aliphatic rings. The Hall–Kier alpha value is -1.41. The summed E-state index contributed by atoms with van der Waals surface area (Å²) in [6, 6.07) is 2.53. The zero-order valence-corrected chi connectivity index (χ0v) is 9.60. The van der Waals surface area contributed by atoms with Crippen LogP contribution in [0.15, 0.2) is 23.1 Å². The zero-order chi connectivity index (χ0) is 12.5. The monoisotopic (exact) mass is 307 g/mol. The number of hydrogen-bond acceptors (Lipinski definition) is 6. The van der Waals surface area contributed by atoms with E-state index in [0.717, 1.165) is 18.2 Å². The van der Waals surface area contributed by atoms with Gasteiger partial charge in [0.25, 0.3) is 10.1 Å². The predicted molar refractivity (Wildman–Crippen MR) is 44.9 cm³/mol. The van der Waals surface area contributed by atoms with Crippen molar-refractivity contribution in [3.8, 4) is 0 Å². The predicted octanol–water partition coefficient (Wildman–Crippen LogP) is -2.34. The van der Waals surface area contributed by atoms with Gasteiger partial charge in [-0.05, 0) is 6.07 Å². The number of carbonyl (C=O) groups excluding carboxylic acids is 2. The second-order valence-corrected chi connectivity index (χ2v) is 4.12. The van der Waals surface area contributed by atoms with E-state index in [1.54, 1.807) is 0 Å². The Morgan fingerprint density at radius 1 is 1.12 bits per heavy atom. The van der Waals surface area contributed by atoms with Crippen molar-refractivity contribution in [1.29, 1.82) is 0 Å². The fraction of sp³-hybridized carbons (Fsp3) is 0. The molecule has 0 saturated carbocycles. The summed E-state index contributed by atoms with van der Waals surface area (Å²) >= 11 is 0. The molecule has 0 aliphatic carbocycles. The van der Waals surface area contributed by atoms with Crippen LogP contribution in [0.25, 0.3) is 0 Å². The van der Waals surface area contributed by atoms with E-state index >= 15 is 0 Å². The van der Waals surface area contributed by atoms with Gasteiger partial charge in [0.1, 0.15) is 4.90 Å². The summed E-state index contributed by atoms with van der Waals surface area (Å²) in [5, 5.41) is 21.1. The Labute approximate surface area is 106 Å². The Morgan fingerprint density at radius 3 is 2.00 bits per heavy atom. The maximum absolute atomic E-state index is 10.8. The van der Waals surface area contributed by atoms with E-state index in [-0.39, 0.29) is 17.1 Å². The molecule has 0 aliphatic heterocycles. The number of carbonyl (C=O) groups is 2. The van der Waals surface area contributed by atoms with Gasteiger partial charge in [0.15, 0.2) is 0 Å². The largest absolute Gasteiger partial charge is 2.00 e. The third-order valence-electron chi connectivity index (χ3n) is 1.73. The number of aromatic carboxylic acids is 2. The minimum Gasteiger partial charge on any atom is -0.545 e. The first-order chi connectivity index (χ1) is 7.25. The summed E-state index contributed by atoms with van der Waals surface area (Å²) < 4.78 is 30.3. The molecule has 1 aromatic rings. The van der Waals surface area contributed by atoms with Crippen molar-refractivity contribution in [2.45, 2.75) is 4.90 Å². The molecular weight excluding hydrogens is 304 g/mol. The van der Waals surface area contributed by atoms with Crippen molar-refractivity contribution >= 4 is 22.1 Å². The molecule has 0 aromatic heterocycles. The van der Waals surface area contributed by atoms with E-state index in [4.69, 9.17) is 4.55 Å². The minimum atomic E-state index is -4.85. The first kappa shape index (κ1) is 15.6. The smallest absolute Gasteiger partial charge is 0.545 e. The van der Waals surface area contributed by atoms with E-state index < -0.39 is 38.1 Å². The normalized spacial score (nSPS) is 10.4. The van der Waals surface area contributed by atoms with Gasteiger partial charge in [-0.3, -0.25) is 4.55 Å². The van der Waals surface area contributed by atoms with Crippen molar-refractivity contribution in [3.63, 3.8) is 0 Å². The fourth-order valence-corrected chi connectivity index (χ4v) is 1.83. The average molecular weight is 308 g/mol. The van der Waals surface area contributed by atoms with Crippen LogP contribution in [0.5, 0.6) is 0 Å². The average Bonchev–Trinajstić information content (AvgIpc) is 2.14. The summed E-state index contributed by atoms with van der Waals surface area (Å²) in [4.78, 5) is 20.1. The Kier molecular flexibility index (Phi) is 4.84. The van der Waals surface area contributed by atoms with Crippen LogP contribution in [0.1, 0.15) is 20.7 Å². The Bertz CT molecular complexity index is 563. The zero-order valence-electron chi connectivity index (χ0n) is 7.84. The molecular formula is C8H4CuO7S. The maximum atomic E-state index is 10.8. The summed E-state index contributed by atoms with van der Waals surface area (Å²) in [7, 11) is -4.85. The number of rotatable bonds is 3. The summed E-state index contributed by atoms with van der Waals surface area (Å²) in [6.45, 7) is 0. The van der Waals surface area contributed by atoms with E-state index in [2.05, 4.69) is 0 Å². The molecule has 0 saturated heterocycles. The van der Waals surface area contributed by atoms with E-state index in [1.165, 1.54) is 0 Å². The number of carboxylic acids is 2. The van der Waals surface area contributed by atoms with Crippen LogP contribution in [-0.4, -0.2) is 24.9 Å². The van der Waals surface area contributed by atoms with Crippen molar-refractivity contribution in [2.24, 2.45) is 0 Å². The summed E-state index contributed by atoms with van der Waals surface area (Å²) in [5.74, 6) is -3.92. The summed E-state index contributed by atoms with van der Waals surface area (Å²) in [6.07, 6.45) is 0. The molecule has 0 atom stereocenters. The van der Waals surface area contributed by atoms with Crippen LogP contribution in [0.4, 0.5) is 0 Å². The third-order valence-corrected chi connectivity index (χ3v) is 2.62. The third kappa shape index (κ3) is 3.27. The molecule has 7 nitrogen and oxygen atoms in total. The maximum Gasteiger partial charge on any atom is 2.00 e. The van der Waals surface area contributed by atoms with Crippen LogP contribution in [-0.2, 0) is 27.2 Å². The first-order valence-corrected chi connectivity index (χ1v) is 5.22. The molecule has 0 unspecified atom stereocenters. The van der Waals surface area contributed by atoms with Crippen LogP contribution in [0.3, 0.4) is 0 Å². The van der Waals surface area contributed by atoms with Crippen molar-refractivity contribution < 1.29 is 49.8 Å².